The molecule has 2 N–H and O–H groups in total. The number of rotatable bonds is 6. The molecule has 3 aromatic carbocycles. The van der Waals surface area contributed by atoms with Crippen LogP contribution in [0.25, 0.3) is 11.3 Å². The highest BCUT2D eigenvalue weighted by Crippen LogP contribution is 2.36. The van der Waals surface area contributed by atoms with Crippen molar-refractivity contribution in [3.05, 3.63) is 104 Å². The molecule has 6 nitrogen and oxygen atoms in total. The third-order valence-electron chi connectivity index (χ3n) is 6.10. The first-order valence-corrected chi connectivity index (χ1v) is 12.4. The summed E-state index contributed by atoms with van der Waals surface area (Å²) in [7, 11) is 1.65. The highest BCUT2D eigenvalue weighted by molar-refractivity contribution is 14.1. The minimum absolute atomic E-state index is 0.206. The average molecular weight is 577 g/mol. The Morgan fingerprint density at radius 1 is 1.06 bits per heavy atom. The van der Waals surface area contributed by atoms with Gasteiger partial charge in [0, 0.05) is 9.13 Å². The van der Waals surface area contributed by atoms with Gasteiger partial charge in [0.05, 0.1) is 24.9 Å². The van der Waals surface area contributed by atoms with E-state index >= 15 is 0 Å². The molecule has 5 rings (SSSR count). The summed E-state index contributed by atoms with van der Waals surface area (Å²) in [5.74, 6) is 0.889. The van der Waals surface area contributed by atoms with Gasteiger partial charge in [-0.25, -0.2) is 9.97 Å². The number of anilines is 1. The maximum Gasteiger partial charge on any atom is 0.229 e. The number of aliphatic hydroxyl groups is 1. The molecule has 1 heterocycles. The molecule has 0 bridgehead atoms. The summed E-state index contributed by atoms with van der Waals surface area (Å²) in [5, 5.41) is 14.2. The van der Waals surface area contributed by atoms with E-state index in [1.807, 2.05) is 72.8 Å². The molecule has 1 amide bonds. The molecule has 0 saturated heterocycles. The molecular formula is C28H24IN3O3. The Labute approximate surface area is 217 Å². The monoisotopic (exact) mass is 577 g/mol. The molecule has 0 aliphatic heterocycles. The topological polar surface area (TPSA) is 84.3 Å². The van der Waals surface area contributed by atoms with Crippen molar-refractivity contribution < 1.29 is 14.6 Å². The summed E-state index contributed by atoms with van der Waals surface area (Å²) >= 11 is 2.24. The number of methoxy groups -OCH3 is 1. The van der Waals surface area contributed by atoms with E-state index in [1.165, 1.54) is 0 Å². The van der Waals surface area contributed by atoms with Crippen molar-refractivity contribution >= 4 is 34.3 Å². The minimum Gasteiger partial charge on any atom is -0.497 e. The Kier molecular flexibility index (Phi) is 6.79. The highest BCUT2D eigenvalue weighted by Gasteiger charge is 2.26. The molecule has 0 saturated carbocycles. The first kappa shape index (κ1) is 23.4. The van der Waals surface area contributed by atoms with Gasteiger partial charge in [0.2, 0.25) is 5.91 Å². The normalized spacial score (nSPS) is 12.9. The van der Waals surface area contributed by atoms with Gasteiger partial charge in [-0.2, -0.15) is 0 Å². The number of hydrogen-bond donors (Lipinski definition) is 2. The van der Waals surface area contributed by atoms with Crippen LogP contribution in [0.15, 0.2) is 72.8 Å². The number of halogens is 1. The van der Waals surface area contributed by atoms with Crippen molar-refractivity contribution in [3.63, 3.8) is 0 Å². The van der Waals surface area contributed by atoms with Crippen LogP contribution in [0.4, 0.5) is 5.82 Å². The molecule has 4 aromatic rings. The second-order valence-electron chi connectivity index (χ2n) is 8.44. The predicted molar refractivity (Wildman–Crippen MR) is 143 cm³/mol. The molecule has 176 valence electrons. The van der Waals surface area contributed by atoms with E-state index in [-0.39, 0.29) is 12.3 Å². The fourth-order valence-corrected chi connectivity index (χ4v) is 4.66. The average Bonchev–Trinajstić information content (AvgIpc) is 2.89. The van der Waals surface area contributed by atoms with Crippen LogP contribution < -0.4 is 10.1 Å². The molecule has 0 radical (unpaired) electrons. The van der Waals surface area contributed by atoms with Crippen LogP contribution in [0.5, 0.6) is 5.75 Å². The Balaban J connectivity index is 1.54. The van der Waals surface area contributed by atoms with Gasteiger partial charge in [-0.05, 0) is 82.5 Å². The zero-order valence-electron chi connectivity index (χ0n) is 19.2. The van der Waals surface area contributed by atoms with E-state index in [1.54, 1.807) is 7.11 Å². The van der Waals surface area contributed by atoms with Gasteiger partial charge in [-0.1, -0.05) is 42.5 Å². The number of hydrogen-bond acceptors (Lipinski definition) is 5. The Morgan fingerprint density at radius 3 is 2.57 bits per heavy atom. The zero-order valence-corrected chi connectivity index (χ0v) is 21.3. The van der Waals surface area contributed by atoms with Gasteiger partial charge in [0.1, 0.15) is 17.5 Å². The van der Waals surface area contributed by atoms with Crippen LogP contribution >= 0.6 is 22.6 Å². The predicted octanol–water partition coefficient (Wildman–Crippen LogP) is 5.12. The lowest BCUT2D eigenvalue weighted by Crippen LogP contribution is -2.21. The number of amides is 1. The van der Waals surface area contributed by atoms with E-state index in [9.17, 15) is 9.90 Å². The van der Waals surface area contributed by atoms with Crippen molar-refractivity contribution in [2.45, 2.75) is 25.4 Å². The molecule has 7 heteroatoms. The van der Waals surface area contributed by atoms with Crippen LogP contribution in [0.3, 0.4) is 0 Å². The number of carbonyl (C=O) groups excluding carboxylic acids is 1. The summed E-state index contributed by atoms with van der Waals surface area (Å²) in [6.45, 7) is 0. The van der Waals surface area contributed by atoms with Gasteiger partial charge >= 0.3 is 0 Å². The number of nitrogens with one attached hydrogen (secondary N) is 1. The van der Waals surface area contributed by atoms with Gasteiger partial charge in [0.15, 0.2) is 5.82 Å². The number of fused-ring (bicyclic) bond motifs is 3. The molecule has 0 fully saturated rings. The molecule has 1 aromatic heterocycles. The molecule has 1 aliphatic rings. The first-order valence-electron chi connectivity index (χ1n) is 11.4. The van der Waals surface area contributed by atoms with E-state index < -0.39 is 6.10 Å². The van der Waals surface area contributed by atoms with Crippen molar-refractivity contribution in [1.29, 1.82) is 0 Å². The third-order valence-corrected chi connectivity index (χ3v) is 6.82. The van der Waals surface area contributed by atoms with Crippen LogP contribution in [0, 0.1) is 3.57 Å². The maximum absolute atomic E-state index is 12.9. The summed E-state index contributed by atoms with van der Waals surface area (Å²) in [4.78, 5) is 22.6. The molecule has 1 aliphatic carbocycles. The first-order chi connectivity index (χ1) is 17.0. The van der Waals surface area contributed by atoms with Crippen LogP contribution in [0.1, 0.15) is 34.2 Å². The van der Waals surface area contributed by atoms with Crippen LogP contribution in [0.2, 0.25) is 0 Å². The van der Waals surface area contributed by atoms with E-state index in [2.05, 4.69) is 27.9 Å². The smallest absolute Gasteiger partial charge is 0.229 e. The lowest BCUT2D eigenvalue weighted by atomic mass is 9.91. The molecular weight excluding hydrogens is 553 g/mol. The van der Waals surface area contributed by atoms with Gasteiger partial charge in [-0.15, -0.1) is 0 Å². The number of ether oxygens (including phenoxy) is 1. The number of benzene rings is 3. The van der Waals surface area contributed by atoms with Gasteiger partial charge < -0.3 is 15.2 Å². The van der Waals surface area contributed by atoms with E-state index in [0.717, 1.165) is 43.8 Å². The van der Waals surface area contributed by atoms with Gasteiger partial charge in [-0.3, -0.25) is 4.79 Å². The summed E-state index contributed by atoms with van der Waals surface area (Å²) < 4.78 is 6.49. The lowest BCUT2D eigenvalue weighted by Gasteiger charge is -2.23. The standard InChI is InChI=1S/C28H24IN3O3/c1-35-21-12-13-22-19(16-21)9-14-23-25(22)32-26(27(34)18-5-3-2-4-6-18)28(30-23)31-24(33)15-17-7-10-20(29)11-8-17/h2-8,10-13,16,27,34H,9,14-15H2,1H3,(H,30,31,33). The van der Waals surface area contributed by atoms with E-state index in [4.69, 9.17) is 14.7 Å². The number of aryl methyl sites for hydroxylation is 2. The Morgan fingerprint density at radius 2 is 1.83 bits per heavy atom. The Hall–Kier alpha value is -3.30. The fraction of sp³-hybridized carbons (Fsp3) is 0.179. The highest BCUT2D eigenvalue weighted by atomic mass is 127. The summed E-state index contributed by atoms with van der Waals surface area (Å²) in [6.07, 6.45) is 0.653. The second-order valence-corrected chi connectivity index (χ2v) is 9.69. The van der Waals surface area contributed by atoms with Crippen molar-refractivity contribution in [2.75, 3.05) is 12.4 Å². The lowest BCUT2D eigenvalue weighted by molar-refractivity contribution is -0.115. The molecule has 35 heavy (non-hydrogen) atoms. The van der Waals surface area contributed by atoms with Gasteiger partial charge in [0.25, 0.3) is 0 Å². The quantitative estimate of drug-likeness (QED) is 0.311. The maximum atomic E-state index is 12.9. The second kappa shape index (κ2) is 10.1. The summed E-state index contributed by atoms with van der Waals surface area (Å²) in [5.41, 5.74) is 5.54. The third kappa shape index (κ3) is 5.06. The zero-order chi connectivity index (χ0) is 24.4. The number of carbonyl (C=O) groups is 1. The minimum atomic E-state index is -1.04. The van der Waals surface area contributed by atoms with E-state index in [0.29, 0.717) is 23.5 Å². The van der Waals surface area contributed by atoms with Crippen LogP contribution in [-0.4, -0.2) is 28.1 Å². The van der Waals surface area contributed by atoms with Crippen LogP contribution in [-0.2, 0) is 24.1 Å². The fourth-order valence-electron chi connectivity index (χ4n) is 4.30. The number of aromatic nitrogens is 2. The number of nitrogens with zero attached hydrogens (tertiary/aromatic N) is 2. The Bertz CT molecular complexity index is 1370. The molecule has 1 unspecified atom stereocenters. The van der Waals surface area contributed by atoms with Crippen molar-refractivity contribution in [1.82, 2.24) is 9.97 Å². The molecule has 0 spiro atoms. The van der Waals surface area contributed by atoms with Crippen molar-refractivity contribution in [2.24, 2.45) is 0 Å². The largest absolute Gasteiger partial charge is 0.497 e. The van der Waals surface area contributed by atoms with Crippen molar-refractivity contribution in [3.8, 4) is 17.0 Å². The molecule has 1 atom stereocenters. The number of aliphatic hydroxyl groups excluding tert-OH is 1. The SMILES string of the molecule is COc1ccc2c(c1)CCc1nc(NC(=O)Cc3ccc(I)cc3)c(C(O)c3ccccc3)nc1-2. The summed E-state index contributed by atoms with van der Waals surface area (Å²) in [6, 6.07) is 23.0.